The average Bonchev–Trinajstić information content (AvgIpc) is 2.81. The maximum atomic E-state index is 12.2. The molecule has 1 amide bonds. The first-order valence-corrected chi connectivity index (χ1v) is 11.6. The van der Waals surface area contributed by atoms with E-state index in [0.717, 1.165) is 49.0 Å². The van der Waals surface area contributed by atoms with E-state index >= 15 is 0 Å². The molecule has 0 aromatic heterocycles. The fourth-order valence-corrected chi connectivity index (χ4v) is 4.87. The first-order valence-electron chi connectivity index (χ1n) is 11.2. The van der Waals surface area contributed by atoms with Gasteiger partial charge in [-0.2, -0.15) is 0 Å². The summed E-state index contributed by atoms with van der Waals surface area (Å²) in [6.45, 7) is 3.70. The van der Waals surface area contributed by atoms with E-state index in [9.17, 15) is 9.90 Å². The number of rotatable bonds is 9. The molecular formula is C25H33ClN2O3. The third-order valence-corrected chi connectivity index (χ3v) is 6.59. The lowest BCUT2D eigenvalue weighted by Gasteiger charge is -2.40. The summed E-state index contributed by atoms with van der Waals surface area (Å²) in [6.07, 6.45) is 3.95. The lowest BCUT2D eigenvalue weighted by molar-refractivity contribution is -0.123. The highest BCUT2D eigenvalue weighted by molar-refractivity contribution is 6.33. The molecule has 0 unspecified atom stereocenters. The molecule has 0 spiro atoms. The molecule has 1 aliphatic heterocycles. The van der Waals surface area contributed by atoms with Gasteiger partial charge in [0.25, 0.3) is 0 Å². The number of benzene rings is 2. The molecule has 2 aromatic rings. The first-order chi connectivity index (χ1) is 15.0. The molecule has 1 heterocycles. The van der Waals surface area contributed by atoms with E-state index in [4.69, 9.17) is 16.7 Å². The van der Waals surface area contributed by atoms with Gasteiger partial charge in [0.15, 0.2) is 0 Å². The lowest BCUT2D eigenvalue weighted by atomic mass is 9.72. The van der Waals surface area contributed by atoms with Crippen LogP contribution in [0.1, 0.15) is 43.7 Å². The van der Waals surface area contributed by atoms with Crippen molar-refractivity contribution in [3.8, 4) is 11.1 Å². The highest BCUT2D eigenvalue weighted by Crippen LogP contribution is 2.44. The summed E-state index contributed by atoms with van der Waals surface area (Å²) in [5, 5.41) is 27.8. The SMILES string of the molecule is CCc1cccc(-c2c(Cl)cccc2[C@](O)(CCCNC(=O)CO)[C@@H]2CCCNC2)c1. The number of hydrogen-bond donors (Lipinski definition) is 4. The molecule has 1 fully saturated rings. The summed E-state index contributed by atoms with van der Waals surface area (Å²) in [4.78, 5) is 11.4. The molecule has 0 radical (unpaired) electrons. The van der Waals surface area contributed by atoms with Gasteiger partial charge in [-0.15, -0.1) is 0 Å². The molecule has 4 N–H and O–H groups in total. The van der Waals surface area contributed by atoms with Crippen molar-refractivity contribution in [2.24, 2.45) is 5.92 Å². The molecule has 1 aliphatic rings. The molecule has 0 bridgehead atoms. The van der Waals surface area contributed by atoms with Gasteiger partial charge in [-0.1, -0.05) is 54.9 Å². The van der Waals surface area contributed by atoms with Gasteiger partial charge in [0.1, 0.15) is 6.61 Å². The fourth-order valence-electron chi connectivity index (χ4n) is 4.58. The maximum Gasteiger partial charge on any atom is 0.245 e. The third kappa shape index (κ3) is 5.66. The summed E-state index contributed by atoms with van der Waals surface area (Å²) in [7, 11) is 0. The van der Waals surface area contributed by atoms with Crippen molar-refractivity contribution in [3.63, 3.8) is 0 Å². The Morgan fingerprint density at radius 3 is 2.81 bits per heavy atom. The zero-order valence-corrected chi connectivity index (χ0v) is 18.9. The van der Waals surface area contributed by atoms with Crippen molar-refractivity contribution in [3.05, 3.63) is 58.6 Å². The van der Waals surface area contributed by atoms with E-state index in [-0.39, 0.29) is 5.92 Å². The molecule has 2 aromatic carbocycles. The standard InChI is InChI=1S/C25H33ClN2O3/c1-2-18-7-3-8-19(15-18)24-21(10-4-11-22(24)26)25(31,20-9-5-13-27-16-20)12-6-14-28-23(30)17-29/h3-4,7-8,10-11,15,20,27,29,31H,2,5-6,9,12-14,16-17H2,1H3,(H,28,30)/t20-,25+/m1/s1. The Hall–Kier alpha value is -1.92. The number of aliphatic hydroxyl groups is 2. The largest absolute Gasteiger partial charge is 0.387 e. The Labute approximate surface area is 189 Å². The predicted octanol–water partition coefficient (Wildman–Crippen LogP) is 3.65. The molecule has 5 nitrogen and oxygen atoms in total. The molecule has 0 saturated carbocycles. The van der Waals surface area contributed by atoms with Crippen LogP contribution in [0.5, 0.6) is 0 Å². The Balaban J connectivity index is 2.00. The minimum absolute atomic E-state index is 0.0429. The van der Waals surface area contributed by atoms with E-state index in [1.54, 1.807) is 0 Å². The number of carbonyl (C=O) groups is 1. The molecule has 31 heavy (non-hydrogen) atoms. The molecule has 3 rings (SSSR count). The number of carbonyl (C=O) groups excluding carboxylic acids is 1. The second-order valence-electron chi connectivity index (χ2n) is 8.30. The minimum atomic E-state index is -1.08. The van der Waals surface area contributed by atoms with Crippen molar-refractivity contribution in [2.75, 3.05) is 26.2 Å². The predicted molar refractivity (Wildman–Crippen MR) is 125 cm³/mol. The smallest absolute Gasteiger partial charge is 0.245 e. The highest BCUT2D eigenvalue weighted by Gasteiger charge is 2.40. The minimum Gasteiger partial charge on any atom is -0.387 e. The van der Waals surface area contributed by atoms with Crippen LogP contribution in [0.3, 0.4) is 0 Å². The van der Waals surface area contributed by atoms with Crippen LogP contribution in [0.15, 0.2) is 42.5 Å². The Kier molecular flexibility index (Phi) is 8.50. The maximum absolute atomic E-state index is 12.2. The fraction of sp³-hybridized carbons (Fsp3) is 0.480. The normalized spacial score (nSPS) is 18.4. The summed E-state index contributed by atoms with van der Waals surface area (Å²) >= 11 is 6.71. The van der Waals surface area contributed by atoms with Crippen molar-refractivity contribution in [2.45, 2.75) is 44.6 Å². The zero-order chi connectivity index (χ0) is 22.3. The number of nitrogens with one attached hydrogen (secondary N) is 2. The summed E-state index contributed by atoms with van der Waals surface area (Å²) in [5.74, 6) is -0.357. The van der Waals surface area contributed by atoms with Crippen LogP contribution in [0.25, 0.3) is 11.1 Å². The van der Waals surface area contributed by atoms with Gasteiger partial charge in [0.2, 0.25) is 5.91 Å². The molecule has 6 heteroatoms. The van der Waals surface area contributed by atoms with Gasteiger partial charge in [0, 0.05) is 29.6 Å². The number of piperidine rings is 1. The second-order valence-corrected chi connectivity index (χ2v) is 8.70. The van der Waals surface area contributed by atoms with Crippen LogP contribution in [-0.4, -0.2) is 42.4 Å². The monoisotopic (exact) mass is 444 g/mol. The number of aliphatic hydroxyl groups excluding tert-OH is 1. The number of aryl methyl sites for hydroxylation is 1. The van der Waals surface area contributed by atoms with Gasteiger partial charge >= 0.3 is 0 Å². The second kappa shape index (κ2) is 11.1. The Morgan fingerprint density at radius 1 is 1.29 bits per heavy atom. The topological polar surface area (TPSA) is 81.6 Å². The Bertz CT molecular complexity index is 883. The van der Waals surface area contributed by atoms with Crippen molar-refractivity contribution < 1.29 is 15.0 Å². The van der Waals surface area contributed by atoms with Crippen LogP contribution in [-0.2, 0) is 16.8 Å². The van der Waals surface area contributed by atoms with Crippen LogP contribution < -0.4 is 10.6 Å². The molecule has 1 saturated heterocycles. The van der Waals surface area contributed by atoms with Crippen molar-refractivity contribution >= 4 is 17.5 Å². The number of hydrogen-bond acceptors (Lipinski definition) is 4. The summed E-state index contributed by atoms with van der Waals surface area (Å²) in [5.41, 5.74) is 2.87. The molecule has 2 atom stereocenters. The number of halogens is 1. The lowest BCUT2D eigenvalue weighted by Crippen LogP contribution is -2.45. The van der Waals surface area contributed by atoms with E-state index in [2.05, 4.69) is 29.7 Å². The van der Waals surface area contributed by atoms with Gasteiger partial charge < -0.3 is 20.8 Å². The van der Waals surface area contributed by atoms with E-state index < -0.39 is 18.1 Å². The summed E-state index contributed by atoms with van der Waals surface area (Å²) < 4.78 is 0. The van der Waals surface area contributed by atoms with Crippen LogP contribution in [0.2, 0.25) is 5.02 Å². The molecule has 0 aliphatic carbocycles. The van der Waals surface area contributed by atoms with Gasteiger partial charge in [-0.25, -0.2) is 0 Å². The molecule has 168 valence electrons. The van der Waals surface area contributed by atoms with Gasteiger partial charge in [-0.05, 0) is 61.4 Å². The first kappa shape index (κ1) is 23.7. The van der Waals surface area contributed by atoms with E-state index in [1.165, 1.54) is 5.56 Å². The Morgan fingerprint density at radius 2 is 2.10 bits per heavy atom. The summed E-state index contributed by atoms with van der Waals surface area (Å²) in [6, 6.07) is 14.1. The van der Waals surface area contributed by atoms with Crippen molar-refractivity contribution in [1.82, 2.24) is 10.6 Å². The van der Waals surface area contributed by atoms with Gasteiger partial charge in [0.05, 0.1) is 5.60 Å². The van der Waals surface area contributed by atoms with Gasteiger partial charge in [-0.3, -0.25) is 4.79 Å². The van der Waals surface area contributed by atoms with E-state index in [1.807, 2.05) is 30.3 Å². The number of amides is 1. The third-order valence-electron chi connectivity index (χ3n) is 6.28. The van der Waals surface area contributed by atoms with Crippen LogP contribution in [0.4, 0.5) is 0 Å². The van der Waals surface area contributed by atoms with Crippen molar-refractivity contribution in [1.29, 1.82) is 0 Å². The quantitative estimate of drug-likeness (QED) is 0.445. The molecular weight excluding hydrogens is 412 g/mol. The van der Waals surface area contributed by atoms with Crippen LogP contribution in [0, 0.1) is 5.92 Å². The van der Waals surface area contributed by atoms with E-state index in [0.29, 0.717) is 24.4 Å². The highest BCUT2D eigenvalue weighted by atomic mass is 35.5. The zero-order valence-electron chi connectivity index (χ0n) is 18.2. The van der Waals surface area contributed by atoms with Crippen LogP contribution >= 0.6 is 11.6 Å². The average molecular weight is 445 g/mol.